The van der Waals surface area contributed by atoms with Crippen LogP contribution in [0.15, 0.2) is 36.9 Å². The molecule has 1 N–H and O–H groups in total. The van der Waals surface area contributed by atoms with Gasteiger partial charge in [-0.2, -0.15) is 5.26 Å². The Balaban J connectivity index is 2.67. The molecule has 0 heterocycles. The zero-order valence-corrected chi connectivity index (χ0v) is 8.33. The van der Waals surface area contributed by atoms with Crippen LogP contribution in [0.25, 0.3) is 0 Å². The van der Waals surface area contributed by atoms with E-state index in [4.69, 9.17) is 5.26 Å². The molecule has 14 heavy (non-hydrogen) atoms. The van der Waals surface area contributed by atoms with Gasteiger partial charge in [-0.15, -0.1) is 6.58 Å². The predicted molar refractivity (Wildman–Crippen MR) is 59.1 cm³/mol. The minimum absolute atomic E-state index is 0.349. The molecule has 72 valence electrons. The summed E-state index contributed by atoms with van der Waals surface area (Å²) in [4.78, 5) is 0. The van der Waals surface area contributed by atoms with Crippen molar-refractivity contribution in [2.24, 2.45) is 0 Å². The summed E-state index contributed by atoms with van der Waals surface area (Å²) >= 11 is 0. The molecule has 2 heteroatoms. The molecule has 1 atom stereocenters. The van der Waals surface area contributed by atoms with E-state index in [2.05, 4.69) is 24.9 Å². The second-order valence-electron chi connectivity index (χ2n) is 3.26. The smallest absolute Gasteiger partial charge is 0.0992 e. The lowest BCUT2D eigenvalue weighted by molar-refractivity contribution is 0.814. The van der Waals surface area contributed by atoms with E-state index in [1.54, 1.807) is 6.07 Å². The molecule has 0 aliphatic carbocycles. The van der Waals surface area contributed by atoms with Crippen molar-refractivity contribution in [2.75, 3.05) is 5.32 Å². The number of nitrogens with one attached hydrogen (secondary N) is 1. The summed E-state index contributed by atoms with van der Waals surface area (Å²) in [6.07, 6.45) is 2.79. The first-order valence-corrected chi connectivity index (χ1v) is 4.64. The largest absolute Gasteiger partial charge is 0.382 e. The molecule has 1 rings (SSSR count). The summed E-state index contributed by atoms with van der Waals surface area (Å²) in [6, 6.07) is 9.94. The average molecular weight is 186 g/mol. The minimum atomic E-state index is 0.349. The Bertz CT molecular complexity index is 350. The molecule has 0 aliphatic heterocycles. The molecule has 1 aromatic carbocycles. The highest BCUT2D eigenvalue weighted by Crippen LogP contribution is 2.11. The van der Waals surface area contributed by atoms with Crippen molar-refractivity contribution in [2.45, 2.75) is 19.4 Å². The third-order valence-corrected chi connectivity index (χ3v) is 1.92. The Kier molecular flexibility index (Phi) is 3.75. The van der Waals surface area contributed by atoms with E-state index in [-0.39, 0.29) is 0 Å². The van der Waals surface area contributed by atoms with Crippen LogP contribution in [0.1, 0.15) is 18.9 Å². The van der Waals surface area contributed by atoms with Crippen molar-refractivity contribution in [1.29, 1.82) is 5.26 Å². The molecule has 0 amide bonds. The fraction of sp³-hybridized carbons (Fsp3) is 0.250. The number of nitrogens with zero attached hydrogens (tertiary/aromatic N) is 1. The first-order chi connectivity index (χ1) is 6.76. The fourth-order valence-electron chi connectivity index (χ4n) is 1.27. The van der Waals surface area contributed by atoms with Gasteiger partial charge in [-0.1, -0.05) is 12.1 Å². The second kappa shape index (κ2) is 5.08. The third-order valence-electron chi connectivity index (χ3n) is 1.92. The van der Waals surface area contributed by atoms with Crippen LogP contribution < -0.4 is 5.32 Å². The maximum absolute atomic E-state index is 8.71. The van der Waals surface area contributed by atoms with Gasteiger partial charge in [-0.3, -0.25) is 0 Å². The molecule has 1 aromatic rings. The zero-order chi connectivity index (χ0) is 10.4. The number of nitriles is 1. The molecule has 2 nitrogen and oxygen atoms in total. The standard InChI is InChI=1S/C12H14N2/c1-3-5-10(2)14-12-7-4-6-11(8-12)9-13/h3-4,6-8,10,14H,1,5H2,2H3. The minimum Gasteiger partial charge on any atom is -0.382 e. The van der Waals surface area contributed by atoms with Crippen LogP contribution in [0, 0.1) is 11.3 Å². The Morgan fingerprint density at radius 2 is 2.43 bits per heavy atom. The van der Waals surface area contributed by atoms with Crippen LogP contribution in [0.2, 0.25) is 0 Å². The van der Waals surface area contributed by atoms with E-state index in [1.165, 1.54) is 0 Å². The number of benzene rings is 1. The maximum Gasteiger partial charge on any atom is 0.0992 e. The van der Waals surface area contributed by atoms with Crippen LogP contribution in [0.3, 0.4) is 0 Å². The van der Waals surface area contributed by atoms with Crippen molar-refractivity contribution in [3.8, 4) is 6.07 Å². The molecule has 0 bridgehead atoms. The zero-order valence-electron chi connectivity index (χ0n) is 8.33. The lowest BCUT2D eigenvalue weighted by atomic mass is 10.2. The number of rotatable bonds is 4. The molecule has 0 saturated carbocycles. The molecule has 0 spiro atoms. The number of hydrogen-bond acceptors (Lipinski definition) is 2. The quantitative estimate of drug-likeness (QED) is 0.734. The fourth-order valence-corrected chi connectivity index (χ4v) is 1.27. The molecule has 0 aromatic heterocycles. The maximum atomic E-state index is 8.71. The highest BCUT2D eigenvalue weighted by Gasteiger charge is 1.99. The highest BCUT2D eigenvalue weighted by molar-refractivity contribution is 5.49. The summed E-state index contributed by atoms with van der Waals surface area (Å²) < 4.78 is 0. The van der Waals surface area contributed by atoms with Crippen molar-refractivity contribution in [1.82, 2.24) is 0 Å². The van der Waals surface area contributed by atoms with Crippen LogP contribution in [0.5, 0.6) is 0 Å². The molecule has 0 fully saturated rings. The number of hydrogen-bond donors (Lipinski definition) is 1. The summed E-state index contributed by atoms with van der Waals surface area (Å²) in [5.74, 6) is 0. The SMILES string of the molecule is C=CCC(C)Nc1cccc(C#N)c1. The monoisotopic (exact) mass is 186 g/mol. The van der Waals surface area contributed by atoms with Gasteiger partial charge in [0.2, 0.25) is 0 Å². The lowest BCUT2D eigenvalue weighted by Gasteiger charge is -2.12. The average Bonchev–Trinajstić information content (AvgIpc) is 2.18. The van der Waals surface area contributed by atoms with Gasteiger partial charge < -0.3 is 5.32 Å². The van der Waals surface area contributed by atoms with E-state index in [0.717, 1.165) is 12.1 Å². The summed E-state index contributed by atoms with van der Waals surface area (Å²) in [6.45, 7) is 5.77. The van der Waals surface area contributed by atoms with E-state index >= 15 is 0 Å². The first-order valence-electron chi connectivity index (χ1n) is 4.64. The summed E-state index contributed by atoms with van der Waals surface area (Å²) in [7, 11) is 0. The van der Waals surface area contributed by atoms with Crippen molar-refractivity contribution < 1.29 is 0 Å². The van der Waals surface area contributed by atoms with Gasteiger partial charge in [-0.25, -0.2) is 0 Å². The van der Waals surface area contributed by atoms with Crippen molar-refractivity contribution in [3.63, 3.8) is 0 Å². The molecule has 0 aliphatic rings. The van der Waals surface area contributed by atoms with Crippen LogP contribution >= 0.6 is 0 Å². The Morgan fingerprint density at radius 3 is 3.07 bits per heavy atom. The van der Waals surface area contributed by atoms with Gasteiger partial charge in [0.05, 0.1) is 11.6 Å². The number of anilines is 1. The van der Waals surface area contributed by atoms with E-state index in [0.29, 0.717) is 11.6 Å². The van der Waals surface area contributed by atoms with Gasteiger partial charge in [0.15, 0.2) is 0 Å². The molecule has 0 radical (unpaired) electrons. The highest BCUT2D eigenvalue weighted by atomic mass is 14.9. The van der Waals surface area contributed by atoms with Crippen molar-refractivity contribution in [3.05, 3.63) is 42.5 Å². The van der Waals surface area contributed by atoms with E-state index in [1.807, 2.05) is 24.3 Å². The molecule has 1 unspecified atom stereocenters. The van der Waals surface area contributed by atoms with Gasteiger partial charge in [0.1, 0.15) is 0 Å². The molecular formula is C12H14N2. The van der Waals surface area contributed by atoms with Gasteiger partial charge in [0, 0.05) is 11.7 Å². The Morgan fingerprint density at radius 1 is 1.64 bits per heavy atom. The first kappa shape index (κ1) is 10.3. The van der Waals surface area contributed by atoms with Crippen LogP contribution in [-0.4, -0.2) is 6.04 Å². The molecule has 0 saturated heterocycles. The van der Waals surface area contributed by atoms with Crippen LogP contribution in [-0.2, 0) is 0 Å². The normalized spacial score (nSPS) is 11.4. The third kappa shape index (κ3) is 2.95. The Labute approximate surface area is 84.9 Å². The van der Waals surface area contributed by atoms with Crippen LogP contribution in [0.4, 0.5) is 5.69 Å². The van der Waals surface area contributed by atoms with Gasteiger partial charge in [-0.05, 0) is 31.5 Å². The topological polar surface area (TPSA) is 35.8 Å². The summed E-state index contributed by atoms with van der Waals surface area (Å²) in [5.41, 5.74) is 1.67. The molecular weight excluding hydrogens is 172 g/mol. The van der Waals surface area contributed by atoms with Gasteiger partial charge >= 0.3 is 0 Å². The van der Waals surface area contributed by atoms with Crippen molar-refractivity contribution >= 4 is 5.69 Å². The Hall–Kier alpha value is -1.75. The summed E-state index contributed by atoms with van der Waals surface area (Å²) in [5, 5.41) is 12.0. The van der Waals surface area contributed by atoms with Gasteiger partial charge in [0.25, 0.3) is 0 Å². The lowest BCUT2D eigenvalue weighted by Crippen LogP contribution is -2.13. The predicted octanol–water partition coefficient (Wildman–Crippen LogP) is 2.93. The second-order valence-corrected chi connectivity index (χ2v) is 3.26. The van der Waals surface area contributed by atoms with E-state index < -0.39 is 0 Å². The van der Waals surface area contributed by atoms with E-state index in [9.17, 15) is 0 Å².